The van der Waals surface area contributed by atoms with E-state index in [1.54, 1.807) is 4.52 Å². The Morgan fingerprint density at radius 1 is 1.07 bits per heavy atom. The van der Waals surface area contributed by atoms with E-state index in [0.29, 0.717) is 18.1 Å². The third-order valence-corrected chi connectivity index (χ3v) is 4.71. The number of amides is 1. The molecule has 2 aromatic heterocycles. The van der Waals surface area contributed by atoms with E-state index in [1.807, 2.05) is 68.4 Å². The minimum Gasteiger partial charge on any atom is -0.489 e. The SMILES string of the molecule is Cc1nc2ncnn2c(C)c1CC(=O)Nc1ccc(OCc2ccccc2)cc1. The van der Waals surface area contributed by atoms with Crippen LogP contribution in [0.15, 0.2) is 60.9 Å². The zero-order chi connectivity index (χ0) is 20.2. The number of carbonyl (C=O) groups is 1. The molecule has 0 spiro atoms. The van der Waals surface area contributed by atoms with Gasteiger partial charge in [-0.3, -0.25) is 4.79 Å². The number of nitrogens with zero attached hydrogens (tertiary/aromatic N) is 4. The number of ether oxygens (including phenoxy) is 1. The topological polar surface area (TPSA) is 81.4 Å². The van der Waals surface area contributed by atoms with Gasteiger partial charge >= 0.3 is 0 Å². The van der Waals surface area contributed by atoms with Gasteiger partial charge in [0.05, 0.1) is 6.42 Å². The molecule has 2 aromatic carbocycles. The Morgan fingerprint density at radius 2 is 1.83 bits per heavy atom. The summed E-state index contributed by atoms with van der Waals surface area (Å²) in [5.74, 6) is 1.17. The highest BCUT2D eigenvalue weighted by atomic mass is 16.5. The van der Waals surface area contributed by atoms with Crippen LogP contribution in [0.5, 0.6) is 5.75 Å². The van der Waals surface area contributed by atoms with Crippen molar-refractivity contribution in [3.63, 3.8) is 0 Å². The highest BCUT2D eigenvalue weighted by Crippen LogP contribution is 2.18. The third kappa shape index (κ3) is 4.24. The largest absolute Gasteiger partial charge is 0.489 e. The first-order valence-electron chi connectivity index (χ1n) is 9.32. The molecule has 146 valence electrons. The lowest BCUT2D eigenvalue weighted by atomic mass is 10.1. The molecule has 0 aliphatic rings. The quantitative estimate of drug-likeness (QED) is 0.548. The molecular formula is C22H21N5O2. The minimum absolute atomic E-state index is 0.115. The van der Waals surface area contributed by atoms with Gasteiger partial charge in [0.25, 0.3) is 5.78 Å². The summed E-state index contributed by atoms with van der Waals surface area (Å²) in [6, 6.07) is 17.3. The Balaban J connectivity index is 1.39. The van der Waals surface area contributed by atoms with E-state index in [9.17, 15) is 4.79 Å². The third-order valence-electron chi connectivity index (χ3n) is 4.71. The van der Waals surface area contributed by atoms with Crippen LogP contribution in [0.25, 0.3) is 5.78 Å². The van der Waals surface area contributed by atoms with E-state index in [0.717, 1.165) is 28.3 Å². The van der Waals surface area contributed by atoms with Crippen molar-refractivity contribution in [2.24, 2.45) is 0 Å². The molecule has 1 amide bonds. The monoisotopic (exact) mass is 387 g/mol. The number of fused-ring (bicyclic) bond motifs is 1. The number of benzene rings is 2. The molecule has 0 bridgehead atoms. The summed E-state index contributed by atoms with van der Waals surface area (Å²) in [5, 5.41) is 7.08. The highest BCUT2D eigenvalue weighted by Gasteiger charge is 2.14. The van der Waals surface area contributed by atoms with Crippen molar-refractivity contribution in [3.05, 3.63) is 83.4 Å². The fraction of sp³-hybridized carbons (Fsp3) is 0.182. The number of anilines is 1. The highest BCUT2D eigenvalue weighted by molar-refractivity contribution is 5.92. The maximum atomic E-state index is 12.5. The van der Waals surface area contributed by atoms with Crippen LogP contribution in [-0.2, 0) is 17.8 Å². The van der Waals surface area contributed by atoms with Crippen LogP contribution in [-0.4, -0.2) is 25.5 Å². The summed E-state index contributed by atoms with van der Waals surface area (Å²) in [6.07, 6.45) is 1.67. The molecule has 0 radical (unpaired) electrons. The first kappa shape index (κ1) is 18.6. The maximum Gasteiger partial charge on any atom is 0.252 e. The molecule has 0 saturated heterocycles. The number of carbonyl (C=O) groups excluding carboxylic acids is 1. The molecular weight excluding hydrogens is 366 g/mol. The molecule has 0 aliphatic heterocycles. The summed E-state index contributed by atoms with van der Waals surface area (Å²) < 4.78 is 7.42. The zero-order valence-corrected chi connectivity index (χ0v) is 16.3. The number of aromatic nitrogens is 4. The van der Waals surface area contributed by atoms with Crippen molar-refractivity contribution < 1.29 is 9.53 Å². The molecule has 7 heteroatoms. The fourth-order valence-corrected chi connectivity index (χ4v) is 3.15. The molecule has 0 fully saturated rings. The Kier molecular flexibility index (Phi) is 5.20. The molecule has 2 heterocycles. The maximum absolute atomic E-state index is 12.5. The normalized spacial score (nSPS) is 10.8. The van der Waals surface area contributed by atoms with Crippen molar-refractivity contribution in [3.8, 4) is 5.75 Å². The molecule has 29 heavy (non-hydrogen) atoms. The van der Waals surface area contributed by atoms with Gasteiger partial charge in [-0.15, -0.1) is 0 Å². The fourth-order valence-electron chi connectivity index (χ4n) is 3.15. The Bertz CT molecular complexity index is 1140. The smallest absolute Gasteiger partial charge is 0.252 e. The van der Waals surface area contributed by atoms with Crippen LogP contribution in [0.1, 0.15) is 22.5 Å². The Morgan fingerprint density at radius 3 is 2.59 bits per heavy atom. The average Bonchev–Trinajstić information content (AvgIpc) is 3.20. The second kappa shape index (κ2) is 8.10. The van der Waals surface area contributed by atoms with E-state index in [2.05, 4.69) is 20.4 Å². The van der Waals surface area contributed by atoms with Crippen molar-refractivity contribution in [1.29, 1.82) is 0 Å². The van der Waals surface area contributed by atoms with E-state index in [-0.39, 0.29) is 12.3 Å². The molecule has 0 unspecified atom stereocenters. The second-order valence-electron chi connectivity index (χ2n) is 6.76. The van der Waals surface area contributed by atoms with Gasteiger partial charge < -0.3 is 10.1 Å². The van der Waals surface area contributed by atoms with E-state index in [1.165, 1.54) is 6.33 Å². The van der Waals surface area contributed by atoms with Crippen LogP contribution in [0.2, 0.25) is 0 Å². The van der Waals surface area contributed by atoms with Gasteiger partial charge in [0.2, 0.25) is 5.91 Å². The molecule has 0 saturated carbocycles. The van der Waals surface area contributed by atoms with Crippen LogP contribution in [0, 0.1) is 13.8 Å². The lowest BCUT2D eigenvalue weighted by Gasteiger charge is -2.11. The van der Waals surface area contributed by atoms with Crippen molar-refractivity contribution >= 4 is 17.4 Å². The van der Waals surface area contributed by atoms with E-state index in [4.69, 9.17) is 4.74 Å². The van der Waals surface area contributed by atoms with Gasteiger partial charge in [-0.2, -0.15) is 10.1 Å². The van der Waals surface area contributed by atoms with Crippen LogP contribution >= 0.6 is 0 Å². The van der Waals surface area contributed by atoms with Crippen molar-refractivity contribution in [2.45, 2.75) is 26.9 Å². The van der Waals surface area contributed by atoms with Gasteiger partial charge in [0.1, 0.15) is 18.7 Å². The second-order valence-corrected chi connectivity index (χ2v) is 6.76. The van der Waals surface area contributed by atoms with Crippen molar-refractivity contribution in [1.82, 2.24) is 19.6 Å². The lowest BCUT2D eigenvalue weighted by Crippen LogP contribution is -2.17. The van der Waals surface area contributed by atoms with Gasteiger partial charge in [-0.05, 0) is 43.7 Å². The molecule has 1 N–H and O–H groups in total. The molecule has 4 aromatic rings. The number of rotatable bonds is 6. The predicted molar refractivity (Wildman–Crippen MR) is 110 cm³/mol. The molecule has 0 aliphatic carbocycles. The van der Waals surface area contributed by atoms with Gasteiger partial charge in [-0.1, -0.05) is 30.3 Å². The minimum atomic E-state index is -0.115. The molecule has 7 nitrogen and oxygen atoms in total. The Hall–Kier alpha value is -3.74. The average molecular weight is 387 g/mol. The predicted octanol–water partition coefficient (Wildman–Crippen LogP) is 3.50. The molecule has 0 atom stereocenters. The summed E-state index contributed by atoms with van der Waals surface area (Å²) in [6.45, 7) is 4.30. The number of hydrogen-bond acceptors (Lipinski definition) is 5. The summed E-state index contributed by atoms with van der Waals surface area (Å²) in [7, 11) is 0. The number of aryl methyl sites for hydroxylation is 2. The van der Waals surface area contributed by atoms with Crippen LogP contribution in [0.4, 0.5) is 5.69 Å². The van der Waals surface area contributed by atoms with Crippen LogP contribution < -0.4 is 10.1 Å². The van der Waals surface area contributed by atoms with Gasteiger partial charge in [-0.25, -0.2) is 9.50 Å². The van der Waals surface area contributed by atoms with E-state index >= 15 is 0 Å². The summed E-state index contributed by atoms with van der Waals surface area (Å²) in [5.41, 5.74) is 4.32. The zero-order valence-electron chi connectivity index (χ0n) is 16.3. The number of nitrogens with one attached hydrogen (secondary N) is 1. The first-order valence-corrected chi connectivity index (χ1v) is 9.32. The first-order chi connectivity index (χ1) is 14.1. The van der Waals surface area contributed by atoms with Crippen LogP contribution in [0.3, 0.4) is 0 Å². The van der Waals surface area contributed by atoms with E-state index < -0.39 is 0 Å². The summed E-state index contributed by atoms with van der Waals surface area (Å²) >= 11 is 0. The van der Waals surface area contributed by atoms with Gasteiger partial charge in [0, 0.05) is 22.6 Å². The summed E-state index contributed by atoms with van der Waals surface area (Å²) in [4.78, 5) is 21.0. The lowest BCUT2D eigenvalue weighted by molar-refractivity contribution is -0.115. The molecule has 4 rings (SSSR count). The standard InChI is InChI=1S/C22H21N5O2/c1-15-20(16(2)27-22(25-15)23-14-24-27)12-21(28)26-18-8-10-19(11-9-18)29-13-17-6-4-3-5-7-17/h3-11,14H,12-13H2,1-2H3,(H,26,28). The Labute approximate surface area is 168 Å². The van der Waals surface area contributed by atoms with Crippen molar-refractivity contribution in [2.75, 3.05) is 5.32 Å². The van der Waals surface area contributed by atoms with Gasteiger partial charge in [0.15, 0.2) is 0 Å². The number of hydrogen-bond donors (Lipinski definition) is 1.